The maximum atomic E-state index is 6.49. The molecule has 3 aromatic carbocycles. The van der Waals surface area contributed by atoms with Gasteiger partial charge in [0.05, 0.1) is 0 Å². The van der Waals surface area contributed by atoms with Gasteiger partial charge in [-0.1, -0.05) is 60.1 Å². The lowest BCUT2D eigenvalue weighted by molar-refractivity contribution is -0.231. The highest BCUT2D eigenvalue weighted by Crippen LogP contribution is 2.89. The summed E-state index contributed by atoms with van der Waals surface area (Å²) in [6.07, 6.45) is 5.94. The summed E-state index contributed by atoms with van der Waals surface area (Å²) in [7, 11) is 0. The highest BCUT2D eigenvalue weighted by Gasteiger charge is 2.84. The molecule has 29 heavy (non-hydrogen) atoms. The summed E-state index contributed by atoms with van der Waals surface area (Å²) >= 11 is 6.49. The summed E-state index contributed by atoms with van der Waals surface area (Å²) in [5, 5.41) is 0.868. The molecular weight excluding hydrogens is 372 g/mol. The molecule has 0 N–H and O–H groups in total. The van der Waals surface area contributed by atoms with Crippen LogP contribution in [0, 0.1) is 29.1 Å². The summed E-state index contributed by atoms with van der Waals surface area (Å²) in [6.45, 7) is 0. The zero-order chi connectivity index (χ0) is 19.0. The number of hydrogen-bond donors (Lipinski definition) is 0. The van der Waals surface area contributed by atoms with Gasteiger partial charge < -0.3 is 0 Å². The van der Waals surface area contributed by atoms with Gasteiger partial charge in [-0.15, -0.1) is 0 Å². The molecule has 0 heterocycles. The summed E-state index contributed by atoms with van der Waals surface area (Å²) in [6, 6.07) is 24.9. The zero-order valence-corrected chi connectivity index (χ0v) is 17.1. The van der Waals surface area contributed by atoms with E-state index in [1.807, 2.05) is 0 Å². The first-order chi connectivity index (χ1) is 14.2. The molecule has 2 spiro atoms. The van der Waals surface area contributed by atoms with Crippen molar-refractivity contribution < 1.29 is 0 Å². The van der Waals surface area contributed by atoms with Crippen molar-refractivity contribution in [2.24, 2.45) is 29.1 Å². The summed E-state index contributed by atoms with van der Waals surface area (Å²) < 4.78 is 0. The minimum absolute atomic E-state index is 0.256. The molecule has 0 aromatic heterocycles. The first kappa shape index (κ1) is 15.7. The molecule has 6 unspecified atom stereocenters. The molecule has 1 heteroatoms. The van der Waals surface area contributed by atoms with Gasteiger partial charge in [-0.2, -0.15) is 0 Å². The Kier molecular flexibility index (Phi) is 2.61. The topological polar surface area (TPSA) is 0 Å². The van der Waals surface area contributed by atoms with E-state index in [1.54, 1.807) is 11.1 Å². The standard InChI is InChI=1S/C28H23Cl/c29-20-7-9-23-22(14-20)21-8-6-18(17-4-2-1-3-5-17)12-24(21)28(23)25-11-16-10-19-13-26(28)27(19,25)15-16/h1-9,12,14,16,19,25-26H,10-11,13,15H2. The lowest BCUT2D eigenvalue weighted by Gasteiger charge is -2.76. The fourth-order valence-corrected chi connectivity index (χ4v) is 9.33. The van der Waals surface area contributed by atoms with Crippen LogP contribution in [0.2, 0.25) is 5.02 Å². The number of halogens is 1. The number of benzene rings is 3. The molecule has 5 aliphatic carbocycles. The van der Waals surface area contributed by atoms with E-state index in [2.05, 4.69) is 66.7 Å². The van der Waals surface area contributed by atoms with Crippen LogP contribution in [0.1, 0.15) is 36.8 Å². The predicted molar refractivity (Wildman–Crippen MR) is 118 cm³/mol. The van der Waals surface area contributed by atoms with Crippen molar-refractivity contribution in [3.05, 3.63) is 82.9 Å². The van der Waals surface area contributed by atoms with Crippen LogP contribution < -0.4 is 0 Å². The minimum atomic E-state index is 0.256. The van der Waals surface area contributed by atoms with E-state index in [9.17, 15) is 0 Å². The van der Waals surface area contributed by atoms with E-state index in [0.717, 1.165) is 28.7 Å². The SMILES string of the molecule is Clc1ccc2c(c1)-c1ccc(-c3ccccc3)cc1C21C2CC3CC4CC1C42C3. The number of fused-ring (bicyclic) bond motifs is 8. The molecule has 6 atom stereocenters. The minimum Gasteiger partial charge on any atom is -0.0843 e. The predicted octanol–water partition coefficient (Wildman–Crippen LogP) is 7.34. The van der Waals surface area contributed by atoms with Gasteiger partial charge in [-0.25, -0.2) is 0 Å². The third-order valence-electron chi connectivity index (χ3n) is 9.80. The Labute approximate surface area is 176 Å². The van der Waals surface area contributed by atoms with Crippen LogP contribution in [-0.2, 0) is 5.41 Å². The van der Waals surface area contributed by atoms with Gasteiger partial charge in [0, 0.05) is 10.4 Å². The van der Waals surface area contributed by atoms with Gasteiger partial charge in [0.1, 0.15) is 0 Å². The maximum absolute atomic E-state index is 6.49. The van der Waals surface area contributed by atoms with Gasteiger partial charge >= 0.3 is 0 Å². The van der Waals surface area contributed by atoms with E-state index < -0.39 is 0 Å². The Morgan fingerprint density at radius 3 is 2.45 bits per heavy atom. The van der Waals surface area contributed by atoms with E-state index >= 15 is 0 Å². The lowest BCUT2D eigenvalue weighted by atomic mass is 9.27. The number of rotatable bonds is 1. The largest absolute Gasteiger partial charge is 0.0843 e. The van der Waals surface area contributed by atoms with E-state index in [0.29, 0.717) is 5.41 Å². The van der Waals surface area contributed by atoms with Crippen LogP contribution in [0.5, 0.6) is 0 Å². The van der Waals surface area contributed by atoms with Crippen molar-refractivity contribution in [1.29, 1.82) is 0 Å². The van der Waals surface area contributed by atoms with Gasteiger partial charge in [-0.05, 0) is 106 Å². The normalized spacial score (nSPS) is 38.9. The molecule has 8 rings (SSSR count). The van der Waals surface area contributed by atoms with Crippen molar-refractivity contribution in [2.75, 3.05) is 0 Å². The van der Waals surface area contributed by atoms with Crippen molar-refractivity contribution in [1.82, 2.24) is 0 Å². The zero-order valence-electron chi connectivity index (χ0n) is 16.4. The first-order valence-electron chi connectivity index (χ1n) is 11.2. The Balaban J connectivity index is 1.41. The van der Waals surface area contributed by atoms with Crippen LogP contribution in [-0.4, -0.2) is 0 Å². The van der Waals surface area contributed by atoms with Gasteiger partial charge in [-0.3, -0.25) is 0 Å². The average Bonchev–Trinajstić information content (AvgIpc) is 3.36. The molecule has 4 saturated carbocycles. The molecule has 0 nitrogen and oxygen atoms in total. The summed E-state index contributed by atoms with van der Waals surface area (Å²) in [5.74, 6) is 3.72. The molecule has 0 amide bonds. The van der Waals surface area contributed by atoms with Crippen LogP contribution in [0.15, 0.2) is 66.7 Å². The highest BCUT2D eigenvalue weighted by atomic mass is 35.5. The van der Waals surface area contributed by atoms with Crippen molar-refractivity contribution in [3.8, 4) is 22.3 Å². The first-order valence-corrected chi connectivity index (χ1v) is 11.6. The Morgan fingerprint density at radius 2 is 1.59 bits per heavy atom. The van der Waals surface area contributed by atoms with Crippen molar-refractivity contribution in [2.45, 2.75) is 31.1 Å². The van der Waals surface area contributed by atoms with E-state index in [-0.39, 0.29) is 5.41 Å². The number of hydrogen-bond acceptors (Lipinski definition) is 0. The van der Waals surface area contributed by atoms with Crippen molar-refractivity contribution in [3.63, 3.8) is 0 Å². The molecule has 0 aliphatic heterocycles. The second-order valence-corrected chi connectivity index (χ2v) is 10.8. The second-order valence-electron chi connectivity index (χ2n) is 10.4. The quantitative estimate of drug-likeness (QED) is 0.405. The fourth-order valence-electron chi connectivity index (χ4n) is 9.15. The molecule has 0 radical (unpaired) electrons. The lowest BCUT2D eigenvalue weighted by Crippen LogP contribution is -2.73. The molecule has 3 aromatic rings. The van der Waals surface area contributed by atoms with E-state index in [4.69, 9.17) is 11.6 Å². The fraction of sp³-hybridized carbons (Fsp3) is 0.357. The Hall–Kier alpha value is -2.05. The molecule has 142 valence electrons. The molecule has 2 bridgehead atoms. The van der Waals surface area contributed by atoms with Crippen LogP contribution >= 0.6 is 11.6 Å². The molecular formula is C28H23Cl. The van der Waals surface area contributed by atoms with Crippen LogP contribution in [0.3, 0.4) is 0 Å². The summed E-state index contributed by atoms with van der Waals surface area (Å²) in [5.41, 5.74) is 9.70. The highest BCUT2D eigenvalue weighted by molar-refractivity contribution is 6.31. The van der Waals surface area contributed by atoms with Gasteiger partial charge in [0.15, 0.2) is 0 Å². The molecule has 0 saturated heterocycles. The monoisotopic (exact) mass is 394 g/mol. The maximum Gasteiger partial charge on any atom is 0.0412 e. The third kappa shape index (κ3) is 1.52. The van der Waals surface area contributed by atoms with Gasteiger partial charge in [0.2, 0.25) is 0 Å². The van der Waals surface area contributed by atoms with Crippen molar-refractivity contribution >= 4 is 11.6 Å². The summed E-state index contributed by atoms with van der Waals surface area (Å²) in [4.78, 5) is 0. The van der Waals surface area contributed by atoms with Crippen LogP contribution in [0.4, 0.5) is 0 Å². The van der Waals surface area contributed by atoms with Crippen LogP contribution in [0.25, 0.3) is 22.3 Å². The smallest absolute Gasteiger partial charge is 0.0412 e. The third-order valence-corrected chi connectivity index (χ3v) is 10.0. The van der Waals surface area contributed by atoms with Gasteiger partial charge in [0.25, 0.3) is 0 Å². The molecule has 4 fully saturated rings. The van der Waals surface area contributed by atoms with E-state index in [1.165, 1.54) is 47.9 Å². The Morgan fingerprint density at radius 1 is 0.724 bits per heavy atom. The average molecular weight is 395 g/mol. The Bertz CT molecular complexity index is 1210. The molecule has 5 aliphatic rings. The second kappa shape index (κ2) is 4.81.